The van der Waals surface area contributed by atoms with Gasteiger partial charge in [0.1, 0.15) is 5.01 Å². The number of hydrogen-bond acceptors (Lipinski definition) is 3. The van der Waals surface area contributed by atoms with E-state index in [-0.39, 0.29) is 0 Å². The van der Waals surface area contributed by atoms with Crippen molar-refractivity contribution in [1.82, 2.24) is 13.9 Å². The average molecular weight is 454 g/mol. The van der Waals surface area contributed by atoms with E-state index in [2.05, 4.69) is 124 Å². The van der Waals surface area contributed by atoms with Crippen LogP contribution in [0.1, 0.15) is 0 Å². The van der Waals surface area contributed by atoms with Gasteiger partial charge >= 0.3 is 0 Å². The second-order valence-corrected chi connectivity index (χ2v) is 9.15. The molecule has 0 fully saturated rings. The molecule has 3 nitrogen and oxygen atoms in total. The third-order valence-electron chi connectivity index (χ3n) is 6.39. The number of fused-ring (bicyclic) bond motifs is 4. The van der Waals surface area contributed by atoms with Crippen LogP contribution in [0.2, 0.25) is 0 Å². The normalized spacial score (nSPS) is 11.5. The maximum absolute atomic E-state index is 4.85. The monoisotopic (exact) mass is 453 g/mol. The predicted octanol–water partition coefficient (Wildman–Crippen LogP) is 8.12. The summed E-state index contributed by atoms with van der Waals surface area (Å²) in [6.45, 7) is 0. The van der Waals surface area contributed by atoms with E-state index in [9.17, 15) is 0 Å². The van der Waals surface area contributed by atoms with Crippen LogP contribution in [0, 0.1) is 0 Å². The van der Waals surface area contributed by atoms with E-state index in [0.717, 1.165) is 27.6 Å². The average Bonchev–Trinajstić information content (AvgIpc) is 3.52. The van der Waals surface area contributed by atoms with Gasteiger partial charge in [0.25, 0.3) is 0 Å². The Morgan fingerprint density at radius 2 is 1.18 bits per heavy atom. The largest absolute Gasteiger partial charge is 0.309 e. The molecule has 2 aromatic heterocycles. The van der Waals surface area contributed by atoms with Gasteiger partial charge in [-0.2, -0.15) is 4.37 Å². The van der Waals surface area contributed by atoms with Crippen molar-refractivity contribution in [1.29, 1.82) is 0 Å². The molecule has 5 aromatic carbocycles. The first-order valence-corrected chi connectivity index (χ1v) is 12.0. The SMILES string of the molecule is c1ccc2cc(-c3nsc(-c4ccc(-n5c6ccccc6c6ccccc65)cc4)n3)ccc2c1. The van der Waals surface area contributed by atoms with Gasteiger partial charge in [0, 0.05) is 27.6 Å². The van der Waals surface area contributed by atoms with E-state index in [0.29, 0.717) is 0 Å². The molecule has 0 aliphatic rings. The summed E-state index contributed by atoms with van der Waals surface area (Å²) in [4.78, 5) is 4.85. The molecule has 0 amide bonds. The Hall–Kier alpha value is -4.28. The van der Waals surface area contributed by atoms with Gasteiger partial charge in [-0.3, -0.25) is 0 Å². The fourth-order valence-corrected chi connectivity index (χ4v) is 5.43. The van der Waals surface area contributed by atoms with E-state index < -0.39 is 0 Å². The molecule has 0 aliphatic carbocycles. The summed E-state index contributed by atoms with van der Waals surface area (Å²) in [5.41, 5.74) is 5.69. The third kappa shape index (κ3) is 3.04. The fourth-order valence-electron chi connectivity index (χ4n) is 4.74. The Labute approximate surface area is 200 Å². The van der Waals surface area contributed by atoms with Crippen molar-refractivity contribution in [3.8, 4) is 27.6 Å². The van der Waals surface area contributed by atoms with Gasteiger partial charge in [0.15, 0.2) is 5.82 Å². The van der Waals surface area contributed by atoms with Crippen LogP contribution < -0.4 is 0 Å². The minimum atomic E-state index is 0.775. The summed E-state index contributed by atoms with van der Waals surface area (Å²) in [5.74, 6) is 0.775. The highest BCUT2D eigenvalue weighted by atomic mass is 32.1. The lowest BCUT2D eigenvalue weighted by Crippen LogP contribution is -1.93. The van der Waals surface area contributed by atoms with Gasteiger partial charge in [-0.1, -0.05) is 72.8 Å². The van der Waals surface area contributed by atoms with Crippen LogP contribution in [0.5, 0.6) is 0 Å². The molecule has 7 aromatic rings. The molecule has 0 atom stereocenters. The van der Waals surface area contributed by atoms with Crippen LogP contribution in [-0.2, 0) is 0 Å². The van der Waals surface area contributed by atoms with Crippen molar-refractivity contribution in [3.05, 3.63) is 115 Å². The van der Waals surface area contributed by atoms with Crippen LogP contribution >= 0.6 is 11.5 Å². The van der Waals surface area contributed by atoms with Crippen molar-refractivity contribution in [3.63, 3.8) is 0 Å². The second kappa shape index (κ2) is 7.65. The van der Waals surface area contributed by atoms with Crippen molar-refractivity contribution in [2.24, 2.45) is 0 Å². The Balaban J connectivity index is 1.27. The van der Waals surface area contributed by atoms with E-state index in [4.69, 9.17) is 4.98 Å². The van der Waals surface area contributed by atoms with Crippen molar-refractivity contribution >= 4 is 44.1 Å². The lowest BCUT2D eigenvalue weighted by molar-refractivity contribution is 1.18. The highest BCUT2D eigenvalue weighted by molar-refractivity contribution is 7.09. The highest BCUT2D eigenvalue weighted by Crippen LogP contribution is 2.33. The molecule has 7 rings (SSSR count). The van der Waals surface area contributed by atoms with Gasteiger partial charge in [-0.25, -0.2) is 4.98 Å². The molecule has 0 radical (unpaired) electrons. The summed E-state index contributed by atoms with van der Waals surface area (Å²) in [6.07, 6.45) is 0. The number of benzene rings is 5. The molecule has 0 bridgehead atoms. The topological polar surface area (TPSA) is 30.7 Å². The van der Waals surface area contributed by atoms with Crippen LogP contribution in [-0.4, -0.2) is 13.9 Å². The fraction of sp³-hybridized carbons (Fsp3) is 0. The molecular formula is C30H19N3S. The van der Waals surface area contributed by atoms with Crippen molar-refractivity contribution < 1.29 is 0 Å². The van der Waals surface area contributed by atoms with Gasteiger partial charge in [0.2, 0.25) is 0 Å². The number of rotatable bonds is 3. The van der Waals surface area contributed by atoms with Gasteiger partial charge in [-0.15, -0.1) is 0 Å². The summed E-state index contributed by atoms with van der Waals surface area (Å²) < 4.78 is 6.98. The zero-order valence-electron chi connectivity index (χ0n) is 18.2. The maximum Gasteiger partial charge on any atom is 0.173 e. The van der Waals surface area contributed by atoms with Gasteiger partial charge in [0.05, 0.1) is 11.0 Å². The van der Waals surface area contributed by atoms with Crippen LogP contribution in [0.4, 0.5) is 0 Å². The summed E-state index contributed by atoms with van der Waals surface area (Å²) in [6, 6.07) is 40.5. The van der Waals surface area contributed by atoms with E-state index in [1.165, 1.54) is 44.1 Å². The van der Waals surface area contributed by atoms with Crippen LogP contribution in [0.15, 0.2) is 115 Å². The van der Waals surface area contributed by atoms with Crippen molar-refractivity contribution in [2.75, 3.05) is 0 Å². The van der Waals surface area contributed by atoms with E-state index in [1.807, 2.05) is 0 Å². The minimum Gasteiger partial charge on any atom is -0.309 e. The quantitative estimate of drug-likeness (QED) is 0.270. The standard InChI is InChI=1S/C30H19N3S/c1-2-8-22-19-23(14-13-20(22)7-1)29-31-30(34-32-29)21-15-17-24(18-16-21)33-27-11-5-3-9-25(27)26-10-4-6-12-28(26)33/h1-19H. The summed E-state index contributed by atoms with van der Waals surface area (Å²) in [5, 5.41) is 5.89. The molecule has 0 N–H and O–H groups in total. The Morgan fingerprint density at radius 3 is 1.91 bits per heavy atom. The molecule has 0 spiro atoms. The first kappa shape index (κ1) is 19.2. The zero-order chi connectivity index (χ0) is 22.5. The Bertz CT molecular complexity index is 1760. The Kier molecular flexibility index (Phi) is 4.32. The van der Waals surface area contributed by atoms with E-state index in [1.54, 1.807) is 0 Å². The number of hydrogen-bond donors (Lipinski definition) is 0. The van der Waals surface area contributed by atoms with Crippen LogP contribution in [0.3, 0.4) is 0 Å². The summed E-state index contributed by atoms with van der Waals surface area (Å²) >= 11 is 1.44. The molecule has 160 valence electrons. The lowest BCUT2D eigenvalue weighted by atomic mass is 10.1. The second-order valence-electron chi connectivity index (χ2n) is 8.40. The predicted molar refractivity (Wildman–Crippen MR) is 143 cm³/mol. The first-order chi connectivity index (χ1) is 16.8. The first-order valence-electron chi connectivity index (χ1n) is 11.3. The molecule has 0 saturated heterocycles. The maximum atomic E-state index is 4.85. The zero-order valence-corrected chi connectivity index (χ0v) is 19.0. The molecule has 4 heteroatoms. The van der Waals surface area contributed by atoms with E-state index >= 15 is 0 Å². The summed E-state index contributed by atoms with van der Waals surface area (Å²) in [7, 11) is 0. The van der Waals surface area contributed by atoms with Gasteiger partial charge in [-0.05, 0) is 64.8 Å². The molecule has 0 unspecified atom stereocenters. The van der Waals surface area contributed by atoms with Gasteiger partial charge < -0.3 is 4.57 Å². The molecular weight excluding hydrogens is 434 g/mol. The number of para-hydroxylation sites is 2. The molecule has 34 heavy (non-hydrogen) atoms. The number of nitrogens with zero attached hydrogens (tertiary/aromatic N) is 3. The lowest BCUT2D eigenvalue weighted by Gasteiger charge is -2.08. The number of aromatic nitrogens is 3. The van der Waals surface area contributed by atoms with Crippen molar-refractivity contribution in [2.45, 2.75) is 0 Å². The Morgan fingerprint density at radius 1 is 0.559 bits per heavy atom. The third-order valence-corrected chi connectivity index (χ3v) is 7.15. The minimum absolute atomic E-state index is 0.775. The molecule has 0 saturated carbocycles. The molecule has 0 aliphatic heterocycles. The molecule has 2 heterocycles. The smallest absolute Gasteiger partial charge is 0.173 e. The van der Waals surface area contributed by atoms with Crippen LogP contribution in [0.25, 0.3) is 60.2 Å². The highest BCUT2D eigenvalue weighted by Gasteiger charge is 2.13.